The maximum atomic E-state index is 6.71. The van der Waals surface area contributed by atoms with Gasteiger partial charge in [0.15, 0.2) is 6.29 Å². The highest BCUT2D eigenvalue weighted by molar-refractivity contribution is 5.26. The third-order valence-corrected chi connectivity index (χ3v) is 7.49. The number of methoxy groups -OCH3 is 1. The molecule has 0 radical (unpaired) electrons. The predicted octanol–water partition coefficient (Wildman–Crippen LogP) is 6.73. The highest BCUT2D eigenvalue weighted by atomic mass is 16.7. The Bertz CT molecular complexity index is 1330. The number of benzene rings is 4. The molecule has 0 aliphatic carbocycles. The maximum Gasteiger partial charge on any atom is 0.186 e. The zero-order valence-corrected chi connectivity index (χ0v) is 25.5. The van der Waals surface area contributed by atoms with E-state index in [9.17, 15) is 0 Å². The van der Waals surface area contributed by atoms with Gasteiger partial charge in [0.2, 0.25) is 0 Å². The lowest BCUT2D eigenvalue weighted by Crippen LogP contribution is -2.61. The molecule has 0 saturated carbocycles. The van der Waals surface area contributed by atoms with Gasteiger partial charge >= 0.3 is 0 Å². The Morgan fingerprint density at radius 3 is 1.52 bits per heavy atom. The van der Waals surface area contributed by atoms with Crippen LogP contribution in [0.3, 0.4) is 0 Å². The molecule has 232 valence electrons. The summed E-state index contributed by atoms with van der Waals surface area (Å²) in [7, 11) is 1.66. The van der Waals surface area contributed by atoms with Crippen molar-refractivity contribution in [1.29, 1.82) is 0 Å². The molecule has 0 amide bonds. The fourth-order valence-corrected chi connectivity index (χ4v) is 5.19. The molecule has 0 N–H and O–H groups in total. The fourth-order valence-electron chi connectivity index (χ4n) is 5.19. The topological polar surface area (TPSA) is 64.6 Å². The van der Waals surface area contributed by atoms with E-state index in [1.807, 2.05) is 122 Å². The van der Waals surface area contributed by atoms with Gasteiger partial charge in [-0.05, 0) is 41.3 Å². The van der Waals surface area contributed by atoms with Crippen molar-refractivity contribution in [2.45, 2.75) is 64.1 Å². The van der Waals surface area contributed by atoms with E-state index in [1.165, 1.54) is 0 Å². The molecule has 5 rings (SSSR count). The van der Waals surface area contributed by atoms with Crippen LogP contribution >= 0.6 is 0 Å². The van der Waals surface area contributed by atoms with Gasteiger partial charge in [0.25, 0.3) is 0 Å². The third-order valence-electron chi connectivity index (χ3n) is 7.49. The van der Waals surface area contributed by atoms with E-state index in [-0.39, 0.29) is 0 Å². The van der Waals surface area contributed by atoms with Crippen LogP contribution < -0.4 is 4.74 Å². The second-order valence-electron chi connectivity index (χ2n) is 10.6. The molecule has 44 heavy (non-hydrogen) atoms. The number of hydrogen-bond acceptors (Lipinski definition) is 7. The van der Waals surface area contributed by atoms with E-state index >= 15 is 0 Å². The first-order valence-electron chi connectivity index (χ1n) is 15.2. The molecule has 0 aromatic heterocycles. The van der Waals surface area contributed by atoms with Gasteiger partial charge in [0.1, 0.15) is 30.2 Å². The molecule has 4 aromatic rings. The van der Waals surface area contributed by atoms with Gasteiger partial charge in [-0.1, -0.05) is 103 Å². The number of ether oxygens (including phenoxy) is 7. The van der Waals surface area contributed by atoms with E-state index in [2.05, 4.69) is 0 Å². The van der Waals surface area contributed by atoms with Gasteiger partial charge in [-0.2, -0.15) is 0 Å². The molecule has 1 aliphatic heterocycles. The van der Waals surface area contributed by atoms with Crippen molar-refractivity contribution in [3.8, 4) is 5.75 Å². The molecule has 0 spiro atoms. The summed E-state index contributed by atoms with van der Waals surface area (Å²) in [5.41, 5.74) is 4.19. The van der Waals surface area contributed by atoms with Crippen LogP contribution in [-0.2, 0) is 54.8 Å². The highest BCUT2D eigenvalue weighted by Crippen LogP contribution is 2.31. The Hall–Kier alpha value is -3.56. The molecule has 7 heteroatoms. The Kier molecular flexibility index (Phi) is 12.4. The SMILES string of the molecule is CCO[C@@H]1O[C@H](COCc2ccccc2)[C@H](OCc2ccccc2)[C@H](OCc2ccc(OC)cc2)[C@H]1OCc1ccccc1. The average Bonchev–Trinajstić information content (AvgIpc) is 3.08. The minimum absolute atomic E-state index is 0.297. The Balaban J connectivity index is 1.41. The normalized spacial score (nSPS) is 21.6. The summed E-state index contributed by atoms with van der Waals surface area (Å²) in [5.74, 6) is 0.792. The van der Waals surface area contributed by atoms with Gasteiger partial charge in [0.05, 0.1) is 40.1 Å². The first kappa shape index (κ1) is 31.9. The minimum atomic E-state index is -0.675. The molecule has 0 unspecified atom stereocenters. The summed E-state index contributed by atoms with van der Waals surface area (Å²) in [6, 6.07) is 38.1. The summed E-state index contributed by atoms with van der Waals surface area (Å²) in [6.07, 6.45) is -2.70. The van der Waals surface area contributed by atoms with Crippen LogP contribution in [-0.4, -0.2) is 51.0 Å². The second-order valence-corrected chi connectivity index (χ2v) is 10.6. The summed E-state index contributed by atoms with van der Waals surface area (Å²) in [6.45, 7) is 4.26. The molecule has 7 nitrogen and oxygen atoms in total. The quantitative estimate of drug-likeness (QED) is 0.142. The van der Waals surface area contributed by atoms with Crippen molar-refractivity contribution in [2.24, 2.45) is 0 Å². The maximum absolute atomic E-state index is 6.71. The average molecular weight is 599 g/mol. The lowest BCUT2D eigenvalue weighted by atomic mass is 9.97. The standard InChI is InChI=1S/C37H42O7/c1-3-40-37-36(43-25-30-17-11-6-12-18-30)35(42-26-31-19-21-32(38-2)22-20-31)34(41-24-29-15-9-5-10-16-29)33(44-37)27-39-23-28-13-7-4-8-14-28/h4-22,33-37H,3,23-27H2,1-2H3/t33-,34+,35+,36-,37-/m1/s1. The molecule has 1 saturated heterocycles. The van der Waals surface area contributed by atoms with Crippen LogP contribution in [0.15, 0.2) is 115 Å². The van der Waals surface area contributed by atoms with E-state index in [0.717, 1.165) is 28.0 Å². The van der Waals surface area contributed by atoms with Gasteiger partial charge in [-0.3, -0.25) is 0 Å². The van der Waals surface area contributed by atoms with E-state index in [0.29, 0.717) is 39.6 Å². The van der Waals surface area contributed by atoms with Crippen molar-refractivity contribution in [3.05, 3.63) is 138 Å². The Labute approximate surface area is 260 Å². The lowest BCUT2D eigenvalue weighted by molar-refractivity contribution is -0.327. The van der Waals surface area contributed by atoms with Crippen molar-refractivity contribution in [3.63, 3.8) is 0 Å². The van der Waals surface area contributed by atoms with Crippen LogP contribution in [0.4, 0.5) is 0 Å². The zero-order chi connectivity index (χ0) is 30.4. The lowest BCUT2D eigenvalue weighted by Gasteiger charge is -2.45. The summed E-state index contributed by atoms with van der Waals surface area (Å²) in [5, 5.41) is 0. The molecule has 1 heterocycles. The van der Waals surface area contributed by atoms with Crippen LogP contribution in [0, 0.1) is 0 Å². The van der Waals surface area contributed by atoms with E-state index in [1.54, 1.807) is 7.11 Å². The number of hydrogen-bond donors (Lipinski definition) is 0. The van der Waals surface area contributed by atoms with Crippen LogP contribution in [0.2, 0.25) is 0 Å². The first-order valence-corrected chi connectivity index (χ1v) is 15.2. The highest BCUT2D eigenvalue weighted by Gasteiger charge is 2.49. The summed E-state index contributed by atoms with van der Waals surface area (Å²) >= 11 is 0. The largest absolute Gasteiger partial charge is 0.497 e. The fraction of sp³-hybridized carbons (Fsp3) is 0.351. The van der Waals surface area contributed by atoms with E-state index < -0.39 is 30.7 Å². The van der Waals surface area contributed by atoms with Gasteiger partial charge in [-0.15, -0.1) is 0 Å². The van der Waals surface area contributed by atoms with Gasteiger partial charge in [-0.25, -0.2) is 0 Å². The number of rotatable bonds is 16. The van der Waals surface area contributed by atoms with Crippen molar-refractivity contribution >= 4 is 0 Å². The monoisotopic (exact) mass is 598 g/mol. The minimum Gasteiger partial charge on any atom is -0.497 e. The van der Waals surface area contributed by atoms with Crippen molar-refractivity contribution < 1.29 is 33.2 Å². The third kappa shape index (κ3) is 9.22. The van der Waals surface area contributed by atoms with Crippen LogP contribution in [0.25, 0.3) is 0 Å². The zero-order valence-electron chi connectivity index (χ0n) is 25.5. The molecule has 1 fully saturated rings. The van der Waals surface area contributed by atoms with E-state index in [4.69, 9.17) is 33.2 Å². The second kappa shape index (κ2) is 17.1. The molecule has 0 bridgehead atoms. The molecule has 5 atom stereocenters. The smallest absolute Gasteiger partial charge is 0.186 e. The summed E-state index contributed by atoms with van der Waals surface area (Å²) < 4.78 is 44.2. The predicted molar refractivity (Wildman–Crippen MR) is 168 cm³/mol. The van der Waals surface area contributed by atoms with Crippen molar-refractivity contribution in [1.82, 2.24) is 0 Å². The molecular weight excluding hydrogens is 556 g/mol. The van der Waals surface area contributed by atoms with Crippen LogP contribution in [0.5, 0.6) is 5.75 Å². The Morgan fingerprint density at radius 2 is 1.00 bits per heavy atom. The summed E-state index contributed by atoms with van der Waals surface area (Å²) in [4.78, 5) is 0. The molecular formula is C37H42O7. The van der Waals surface area contributed by atoms with Gasteiger partial charge < -0.3 is 33.2 Å². The molecule has 4 aromatic carbocycles. The first-order chi connectivity index (χ1) is 21.7. The van der Waals surface area contributed by atoms with Gasteiger partial charge in [0, 0.05) is 6.61 Å². The molecule has 1 aliphatic rings. The Morgan fingerprint density at radius 1 is 0.523 bits per heavy atom. The van der Waals surface area contributed by atoms with Crippen molar-refractivity contribution in [2.75, 3.05) is 20.3 Å². The van der Waals surface area contributed by atoms with Crippen LogP contribution in [0.1, 0.15) is 29.2 Å².